The summed E-state index contributed by atoms with van der Waals surface area (Å²) in [5.41, 5.74) is -0.113. The zero-order valence-corrected chi connectivity index (χ0v) is 14.3. The zero-order valence-electron chi connectivity index (χ0n) is 12.0. The lowest BCUT2D eigenvalue weighted by Gasteiger charge is -2.29. The summed E-state index contributed by atoms with van der Waals surface area (Å²) in [6.45, 7) is 1.37. The van der Waals surface area contributed by atoms with Crippen LogP contribution >= 0.6 is 34.8 Å². The fourth-order valence-electron chi connectivity index (χ4n) is 1.83. The van der Waals surface area contributed by atoms with Gasteiger partial charge in [0.05, 0.1) is 15.5 Å². The van der Waals surface area contributed by atoms with E-state index in [0.717, 1.165) is 18.2 Å². The molecule has 0 N–H and O–H groups in total. The first-order valence-corrected chi connectivity index (χ1v) is 7.62. The van der Waals surface area contributed by atoms with Gasteiger partial charge in [0.15, 0.2) is 5.78 Å². The van der Waals surface area contributed by atoms with Gasteiger partial charge in [0.25, 0.3) is 5.69 Å². The van der Waals surface area contributed by atoms with Crippen LogP contribution in [0.3, 0.4) is 0 Å². The predicted molar refractivity (Wildman–Crippen MR) is 88.8 cm³/mol. The van der Waals surface area contributed by atoms with Crippen LogP contribution < -0.4 is 0 Å². The van der Waals surface area contributed by atoms with Gasteiger partial charge < -0.3 is 4.84 Å². The molecule has 1 aliphatic carbocycles. The lowest BCUT2D eigenvalue weighted by molar-refractivity contribution is -0.384. The standard InChI is InChI=1S/C14H9Cl3N2O5/c1-14(17)11(16)10(6-9(15)12(14)20)18-24-13(21)7-2-4-8(5-3-7)19(22)23/h2-6,11H,1H3/b18-10-/t11-,14+/m1/s1. The number of alkyl halides is 2. The topological polar surface area (TPSA) is 98.9 Å². The highest BCUT2D eigenvalue weighted by Crippen LogP contribution is 2.34. The molecular weight excluding hydrogens is 383 g/mol. The molecule has 0 spiro atoms. The van der Waals surface area contributed by atoms with Crippen molar-refractivity contribution in [1.29, 1.82) is 0 Å². The van der Waals surface area contributed by atoms with Gasteiger partial charge in [0.1, 0.15) is 16.0 Å². The number of carbonyl (C=O) groups excluding carboxylic acids is 2. The number of allylic oxidation sites excluding steroid dienone is 2. The third-order valence-corrected chi connectivity index (χ3v) is 4.66. The fraction of sp³-hybridized carbons (Fsp3) is 0.214. The highest BCUT2D eigenvalue weighted by molar-refractivity contribution is 6.58. The molecule has 2 atom stereocenters. The number of oxime groups is 1. The average molecular weight is 392 g/mol. The van der Waals surface area contributed by atoms with E-state index in [1.165, 1.54) is 19.1 Å². The van der Waals surface area contributed by atoms with Crippen molar-refractivity contribution >= 4 is 58.0 Å². The Balaban J connectivity index is 2.19. The predicted octanol–water partition coefficient (Wildman–Crippen LogP) is 3.42. The van der Waals surface area contributed by atoms with Crippen molar-refractivity contribution in [3.63, 3.8) is 0 Å². The van der Waals surface area contributed by atoms with Crippen LogP contribution in [0.15, 0.2) is 40.5 Å². The summed E-state index contributed by atoms with van der Waals surface area (Å²) in [7, 11) is 0. The van der Waals surface area contributed by atoms with E-state index < -0.39 is 26.9 Å². The summed E-state index contributed by atoms with van der Waals surface area (Å²) in [5, 5.41) is 12.9. The number of hydrogen-bond donors (Lipinski definition) is 0. The first-order valence-electron chi connectivity index (χ1n) is 6.43. The zero-order chi connectivity index (χ0) is 18.1. The maximum absolute atomic E-state index is 11.9. The summed E-state index contributed by atoms with van der Waals surface area (Å²) in [6.07, 6.45) is 1.16. The minimum Gasteiger partial charge on any atom is -0.312 e. The second-order valence-electron chi connectivity index (χ2n) is 4.96. The fourth-order valence-corrected chi connectivity index (χ4v) is 2.61. The Morgan fingerprint density at radius 2 is 1.96 bits per heavy atom. The third-order valence-electron chi connectivity index (χ3n) is 3.22. The first kappa shape index (κ1) is 18.4. The quantitative estimate of drug-likeness (QED) is 0.340. The van der Waals surface area contributed by atoms with Gasteiger partial charge in [-0.15, -0.1) is 23.2 Å². The van der Waals surface area contributed by atoms with Crippen LogP contribution in [0.25, 0.3) is 0 Å². The molecule has 0 bridgehead atoms. The van der Waals surface area contributed by atoms with Gasteiger partial charge >= 0.3 is 5.97 Å². The minimum absolute atomic E-state index is 0.00836. The molecule has 24 heavy (non-hydrogen) atoms. The summed E-state index contributed by atoms with van der Waals surface area (Å²) in [4.78, 5) is 36.9. The van der Waals surface area contributed by atoms with Crippen LogP contribution in [-0.4, -0.2) is 32.6 Å². The second-order valence-corrected chi connectivity index (χ2v) is 6.59. The normalized spacial score (nSPS) is 25.3. The number of benzene rings is 1. The number of Topliss-reactive ketones (excluding diaryl/α,β-unsaturated/α-hetero) is 1. The number of halogens is 3. The molecule has 1 aromatic rings. The molecule has 0 fully saturated rings. The van der Waals surface area contributed by atoms with E-state index in [0.29, 0.717) is 0 Å². The van der Waals surface area contributed by atoms with Crippen molar-refractivity contribution in [3.05, 3.63) is 51.1 Å². The number of ketones is 1. The van der Waals surface area contributed by atoms with Crippen molar-refractivity contribution in [2.75, 3.05) is 0 Å². The van der Waals surface area contributed by atoms with Crippen molar-refractivity contribution in [2.45, 2.75) is 17.2 Å². The van der Waals surface area contributed by atoms with Crippen molar-refractivity contribution in [3.8, 4) is 0 Å². The van der Waals surface area contributed by atoms with E-state index in [-0.39, 0.29) is 22.0 Å². The smallest absolute Gasteiger partial charge is 0.312 e. The van der Waals surface area contributed by atoms with Gasteiger partial charge in [0.2, 0.25) is 0 Å². The van der Waals surface area contributed by atoms with E-state index in [1.54, 1.807) is 0 Å². The van der Waals surface area contributed by atoms with Gasteiger partial charge in [-0.2, -0.15) is 0 Å². The lowest BCUT2D eigenvalue weighted by Crippen LogP contribution is -2.46. The Bertz CT molecular complexity index is 771. The maximum atomic E-state index is 11.9. The van der Waals surface area contributed by atoms with Crippen LogP contribution in [0, 0.1) is 10.1 Å². The van der Waals surface area contributed by atoms with E-state index in [9.17, 15) is 19.7 Å². The van der Waals surface area contributed by atoms with E-state index in [1.807, 2.05) is 0 Å². The molecule has 7 nitrogen and oxygen atoms in total. The Morgan fingerprint density at radius 1 is 1.38 bits per heavy atom. The second kappa shape index (κ2) is 6.88. The first-order chi connectivity index (χ1) is 11.1. The minimum atomic E-state index is -1.52. The third kappa shape index (κ3) is 3.58. The molecule has 0 amide bonds. The van der Waals surface area contributed by atoms with Crippen molar-refractivity contribution < 1.29 is 19.3 Å². The molecular formula is C14H9Cl3N2O5. The number of hydrogen-bond acceptors (Lipinski definition) is 6. The number of carbonyl (C=O) groups is 2. The molecule has 0 saturated heterocycles. The summed E-state index contributed by atoms with van der Waals surface area (Å²) < 4.78 is 0. The van der Waals surface area contributed by atoms with E-state index >= 15 is 0 Å². The van der Waals surface area contributed by atoms with Gasteiger partial charge in [-0.3, -0.25) is 14.9 Å². The van der Waals surface area contributed by atoms with Gasteiger partial charge in [0, 0.05) is 12.1 Å². The van der Waals surface area contributed by atoms with E-state index in [2.05, 4.69) is 5.16 Å². The molecule has 2 rings (SSSR count). The molecule has 0 aliphatic heterocycles. The molecule has 0 heterocycles. The number of non-ortho nitro benzene ring substituents is 1. The van der Waals surface area contributed by atoms with Crippen molar-refractivity contribution in [1.82, 2.24) is 0 Å². The average Bonchev–Trinajstić information content (AvgIpc) is 2.55. The Hall–Kier alpha value is -1.96. The number of nitro benzene ring substituents is 1. The molecule has 0 aromatic heterocycles. The van der Waals surface area contributed by atoms with Gasteiger partial charge in [-0.25, -0.2) is 4.79 Å². The summed E-state index contributed by atoms with van der Waals surface area (Å²) in [5.74, 6) is -1.43. The molecule has 10 heteroatoms. The molecule has 0 radical (unpaired) electrons. The van der Waals surface area contributed by atoms with Crippen LogP contribution in [0.4, 0.5) is 5.69 Å². The van der Waals surface area contributed by atoms with Crippen LogP contribution in [-0.2, 0) is 9.63 Å². The highest BCUT2D eigenvalue weighted by Gasteiger charge is 2.45. The largest absolute Gasteiger partial charge is 0.365 e. The lowest BCUT2D eigenvalue weighted by atomic mass is 9.92. The Labute approximate surface area is 151 Å². The van der Waals surface area contributed by atoms with Crippen molar-refractivity contribution in [2.24, 2.45) is 5.16 Å². The van der Waals surface area contributed by atoms with Gasteiger partial charge in [-0.05, 0) is 25.1 Å². The molecule has 1 aromatic carbocycles. The summed E-state index contributed by atoms with van der Waals surface area (Å²) >= 11 is 17.9. The molecule has 126 valence electrons. The van der Waals surface area contributed by atoms with Crippen LogP contribution in [0.1, 0.15) is 17.3 Å². The number of rotatable bonds is 3. The SMILES string of the molecule is C[C@@]1(Cl)C(=O)C(Cl)=C/C(=N/OC(=O)c2ccc([N+](=O)[O-])cc2)[C@H]1Cl. The monoisotopic (exact) mass is 390 g/mol. The molecule has 0 saturated carbocycles. The van der Waals surface area contributed by atoms with E-state index in [4.69, 9.17) is 39.6 Å². The number of nitrogens with zero attached hydrogens (tertiary/aromatic N) is 2. The molecule has 0 unspecified atom stereocenters. The van der Waals surface area contributed by atoms with Crippen LogP contribution in [0.2, 0.25) is 0 Å². The molecule has 1 aliphatic rings. The Morgan fingerprint density at radius 3 is 2.50 bits per heavy atom. The number of nitro groups is 1. The van der Waals surface area contributed by atoms with Gasteiger partial charge in [-0.1, -0.05) is 16.8 Å². The Kier molecular flexibility index (Phi) is 5.27. The highest BCUT2D eigenvalue weighted by atomic mass is 35.5. The maximum Gasteiger partial charge on any atom is 0.365 e. The van der Waals surface area contributed by atoms with Crippen LogP contribution in [0.5, 0.6) is 0 Å². The summed E-state index contributed by atoms with van der Waals surface area (Å²) in [6, 6.07) is 4.75.